The van der Waals surface area contributed by atoms with E-state index in [9.17, 15) is 4.39 Å². The lowest BCUT2D eigenvalue weighted by Crippen LogP contribution is -2.01. The predicted octanol–water partition coefficient (Wildman–Crippen LogP) is 4.11. The van der Waals surface area contributed by atoms with Crippen molar-refractivity contribution in [1.29, 1.82) is 5.26 Å². The van der Waals surface area contributed by atoms with Crippen molar-refractivity contribution in [1.82, 2.24) is 4.98 Å². The fraction of sp³-hybridized carbons (Fsp3) is 0.143. The van der Waals surface area contributed by atoms with Gasteiger partial charge in [-0.05, 0) is 38.1 Å². The molecule has 19 heavy (non-hydrogen) atoms. The van der Waals surface area contributed by atoms with Crippen LogP contribution in [0.1, 0.15) is 17.0 Å². The lowest BCUT2D eigenvalue weighted by atomic mass is 10.1. The fourth-order valence-electron chi connectivity index (χ4n) is 1.80. The summed E-state index contributed by atoms with van der Waals surface area (Å²) in [5.41, 5.74) is 2.58. The third kappa shape index (κ3) is 2.83. The van der Waals surface area contributed by atoms with Gasteiger partial charge in [0.2, 0.25) is 0 Å². The van der Waals surface area contributed by atoms with E-state index in [1.54, 1.807) is 19.1 Å². The fourth-order valence-corrected chi connectivity index (χ4v) is 1.96. The zero-order valence-electron chi connectivity index (χ0n) is 10.5. The molecule has 0 fully saturated rings. The highest BCUT2D eigenvalue weighted by atomic mass is 35.5. The van der Waals surface area contributed by atoms with Gasteiger partial charge in [-0.25, -0.2) is 4.39 Å². The van der Waals surface area contributed by atoms with Gasteiger partial charge in [0.25, 0.3) is 0 Å². The van der Waals surface area contributed by atoms with Crippen molar-refractivity contribution in [3.05, 3.63) is 52.1 Å². The van der Waals surface area contributed by atoms with E-state index in [4.69, 9.17) is 16.9 Å². The number of anilines is 2. The van der Waals surface area contributed by atoms with Crippen molar-refractivity contribution < 1.29 is 4.39 Å². The monoisotopic (exact) mass is 275 g/mol. The molecule has 0 spiro atoms. The zero-order chi connectivity index (χ0) is 14.0. The summed E-state index contributed by atoms with van der Waals surface area (Å²) in [7, 11) is 0. The van der Waals surface area contributed by atoms with Crippen LogP contribution in [0.25, 0.3) is 0 Å². The number of nitrogens with one attached hydrogen (secondary N) is 1. The molecule has 3 nitrogen and oxygen atoms in total. The average molecular weight is 276 g/mol. The van der Waals surface area contributed by atoms with E-state index < -0.39 is 5.82 Å². The van der Waals surface area contributed by atoms with Gasteiger partial charge >= 0.3 is 0 Å². The molecule has 1 N–H and O–H groups in total. The van der Waals surface area contributed by atoms with E-state index in [0.717, 1.165) is 5.69 Å². The summed E-state index contributed by atoms with van der Waals surface area (Å²) in [6, 6.07) is 8.11. The molecule has 1 aromatic heterocycles. The maximum absolute atomic E-state index is 13.7. The van der Waals surface area contributed by atoms with Crippen molar-refractivity contribution in [2.75, 3.05) is 5.32 Å². The number of hydrogen-bond donors (Lipinski definition) is 1. The highest BCUT2D eigenvalue weighted by Gasteiger charge is 2.10. The van der Waals surface area contributed by atoms with Gasteiger partial charge in [-0.3, -0.25) is 4.98 Å². The Kier molecular flexibility index (Phi) is 3.68. The number of aromatic nitrogens is 1. The highest BCUT2D eigenvalue weighted by Crippen LogP contribution is 2.26. The second kappa shape index (κ2) is 5.25. The maximum atomic E-state index is 13.7. The highest BCUT2D eigenvalue weighted by molar-refractivity contribution is 6.30. The molecular weight excluding hydrogens is 265 g/mol. The van der Waals surface area contributed by atoms with Crippen LogP contribution in [0, 0.1) is 31.0 Å². The van der Waals surface area contributed by atoms with E-state index in [-0.39, 0.29) is 5.69 Å². The van der Waals surface area contributed by atoms with Crippen molar-refractivity contribution in [2.24, 2.45) is 0 Å². The Balaban J connectivity index is 2.46. The van der Waals surface area contributed by atoms with E-state index in [2.05, 4.69) is 16.4 Å². The standard InChI is InChI=1S/C14H11ClFN3/c1-8-5-14(11(7-17)9(2)18-8)19-13-4-3-10(15)6-12(13)16/h3-6H,1-2H3,(H,18,19). The van der Waals surface area contributed by atoms with Gasteiger partial charge in [-0.2, -0.15) is 5.26 Å². The Bertz CT molecular complexity index is 677. The van der Waals surface area contributed by atoms with Gasteiger partial charge in [0.1, 0.15) is 11.9 Å². The predicted molar refractivity (Wildman–Crippen MR) is 73.1 cm³/mol. The lowest BCUT2D eigenvalue weighted by molar-refractivity contribution is 0.632. The number of pyridine rings is 1. The quantitative estimate of drug-likeness (QED) is 0.897. The van der Waals surface area contributed by atoms with Gasteiger partial charge in [0.15, 0.2) is 0 Å². The van der Waals surface area contributed by atoms with Crippen LogP contribution < -0.4 is 5.32 Å². The van der Waals surface area contributed by atoms with E-state index in [0.29, 0.717) is 22.0 Å². The largest absolute Gasteiger partial charge is 0.352 e. The Morgan fingerprint density at radius 1 is 1.26 bits per heavy atom. The van der Waals surface area contributed by atoms with Crippen LogP contribution in [0.2, 0.25) is 5.02 Å². The molecule has 0 amide bonds. The SMILES string of the molecule is Cc1cc(Nc2ccc(Cl)cc2F)c(C#N)c(C)n1. The van der Waals surface area contributed by atoms with E-state index >= 15 is 0 Å². The van der Waals surface area contributed by atoms with Crippen LogP contribution in [-0.2, 0) is 0 Å². The Morgan fingerprint density at radius 2 is 2.00 bits per heavy atom. The molecule has 0 atom stereocenters. The first-order valence-electron chi connectivity index (χ1n) is 5.61. The first-order valence-corrected chi connectivity index (χ1v) is 5.99. The first kappa shape index (κ1) is 13.3. The van der Waals surface area contributed by atoms with Gasteiger partial charge in [0.05, 0.1) is 22.6 Å². The number of halogens is 2. The number of hydrogen-bond acceptors (Lipinski definition) is 3. The van der Waals surface area contributed by atoms with Gasteiger partial charge in [-0.15, -0.1) is 0 Å². The van der Waals surface area contributed by atoms with Crippen molar-refractivity contribution in [3.63, 3.8) is 0 Å². The second-order valence-electron chi connectivity index (χ2n) is 4.13. The molecule has 0 aliphatic heterocycles. The summed E-state index contributed by atoms with van der Waals surface area (Å²) in [6.45, 7) is 3.56. The number of benzene rings is 1. The molecule has 1 aromatic carbocycles. The molecule has 0 saturated heterocycles. The summed E-state index contributed by atoms with van der Waals surface area (Å²) in [6.07, 6.45) is 0. The molecule has 2 aromatic rings. The average Bonchev–Trinajstić information content (AvgIpc) is 2.32. The minimum absolute atomic E-state index is 0.269. The Hall–Kier alpha value is -2.12. The summed E-state index contributed by atoms with van der Waals surface area (Å²) < 4.78 is 13.7. The third-order valence-corrected chi connectivity index (χ3v) is 2.88. The molecule has 0 aliphatic carbocycles. The van der Waals surface area contributed by atoms with Crippen LogP contribution in [0.15, 0.2) is 24.3 Å². The molecular formula is C14H11ClFN3. The molecule has 5 heteroatoms. The molecule has 0 saturated carbocycles. The molecule has 96 valence electrons. The maximum Gasteiger partial charge on any atom is 0.148 e. The molecule has 2 rings (SSSR count). The van der Waals surface area contributed by atoms with Crippen LogP contribution in [0.5, 0.6) is 0 Å². The number of nitrogens with zero attached hydrogens (tertiary/aromatic N) is 2. The first-order chi connectivity index (χ1) is 9.01. The molecule has 0 bridgehead atoms. The van der Waals surface area contributed by atoms with E-state index in [1.807, 2.05) is 6.92 Å². The normalized spacial score (nSPS) is 10.1. The summed E-state index contributed by atoms with van der Waals surface area (Å²) in [4.78, 5) is 4.21. The second-order valence-corrected chi connectivity index (χ2v) is 4.57. The van der Waals surface area contributed by atoms with E-state index in [1.165, 1.54) is 12.1 Å². The molecule has 0 unspecified atom stereocenters. The Labute approximate surface area is 115 Å². The van der Waals surface area contributed by atoms with Crippen LogP contribution in [0.4, 0.5) is 15.8 Å². The molecule has 0 aliphatic rings. The molecule has 1 heterocycles. The zero-order valence-corrected chi connectivity index (χ0v) is 11.2. The minimum atomic E-state index is -0.469. The number of aryl methyl sites for hydroxylation is 2. The molecule has 0 radical (unpaired) electrons. The number of rotatable bonds is 2. The summed E-state index contributed by atoms with van der Waals surface area (Å²) >= 11 is 5.70. The van der Waals surface area contributed by atoms with Crippen molar-refractivity contribution in [2.45, 2.75) is 13.8 Å². The van der Waals surface area contributed by atoms with Crippen LogP contribution in [0.3, 0.4) is 0 Å². The Morgan fingerprint density at radius 3 is 2.63 bits per heavy atom. The smallest absolute Gasteiger partial charge is 0.148 e. The number of nitriles is 1. The van der Waals surface area contributed by atoms with Gasteiger partial charge in [0, 0.05) is 10.7 Å². The van der Waals surface area contributed by atoms with Crippen LogP contribution >= 0.6 is 11.6 Å². The third-order valence-electron chi connectivity index (χ3n) is 2.64. The van der Waals surface area contributed by atoms with Crippen molar-refractivity contribution >= 4 is 23.0 Å². The van der Waals surface area contributed by atoms with Crippen LogP contribution in [-0.4, -0.2) is 4.98 Å². The summed E-state index contributed by atoms with van der Waals surface area (Å²) in [5.74, 6) is -0.469. The topological polar surface area (TPSA) is 48.7 Å². The summed E-state index contributed by atoms with van der Waals surface area (Å²) in [5, 5.41) is 12.4. The minimum Gasteiger partial charge on any atom is -0.352 e. The van der Waals surface area contributed by atoms with Gasteiger partial charge in [-0.1, -0.05) is 11.6 Å². The lowest BCUT2D eigenvalue weighted by Gasteiger charge is -2.11. The van der Waals surface area contributed by atoms with Crippen molar-refractivity contribution in [3.8, 4) is 6.07 Å². The van der Waals surface area contributed by atoms with Gasteiger partial charge < -0.3 is 5.32 Å².